The molecule has 6 nitrogen and oxygen atoms in total. The maximum absolute atomic E-state index is 11.3. The summed E-state index contributed by atoms with van der Waals surface area (Å²) in [6, 6.07) is 0. The van der Waals surface area contributed by atoms with Gasteiger partial charge in [0.2, 0.25) is 0 Å². The topological polar surface area (TPSA) is 73.9 Å². The Kier molecular flexibility index (Phi) is 4.72. The highest BCUT2D eigenvalue weighted by Gasteiger charge is 2.23. The van der Waals surface area contributed by atoms with Gasteiger partial charge >= 0.3 is 12.1 Å². The summed E-state index contributed by atoms with van der Waals surface area (Å²) in [5, 5.41) is 0. The van der Waals surface area contributed by atoms with E-state index >= 15 is 0 Å². The second-order valence-corrected chi connectivity index (χ2v) is 5.03. The van der Waals surface area contributed by atoms with E-state index in [0.717, 1.165) is 0 Å². The fourth-order valence-corrected chi connectivity index (χ4v) is 1.44. The zero-order chi connectivity index (χ0) is 13.8. The van der Waals surface area contributed by atoms with Gasteiger partial charge in [-0.25, -0.2) is 4.79 Å². The highest BCUT2D eigenvalue weighted by molar-refractivity contribution is 5.66. The van der Waals surface area contributed by atoms with E-state index in [9.17, 15) is 9.59 Å². The first kappa shape index (κ1) is 14.5. The Hall–Kier alpha value is -1.56. The third-order valence-electron chi connectivity index (χ3n) is 2.01. The van der Waals surface area contributed by atoms with Gasteiger partial charge in [0.1, 0.15) is 17.8 Å². The van der Waals surface area contributed by atoms with Gasteiger partial charge in [0.05, 0.1) is 0 Å². The number of ether oxygens (including phenoxy) is 2. The molecule has 1 N–H and O–H groups in total. The fraction of sp³-hybridized carbons (Fsp3) is 0.667. The van der Waals surface area contributed by atoms with Crippen LogP contribution in [0.4, 0.5) is 4.79 Å². The molecule has 0 aromatic carbocycles. The van der Waals surface area contributed by atoms with Gasteiger partial charge in [-0.15, -0.1) is 0 Å². The second kappa shape index (κ2) is 5.86. The van der Waals surface area contributed by atoms with Crippen LogP contribution in [-0.2, 0) is 19.1 Å². The van der Waals surface area contributed by atoms with Crippen LogP contribution < -0.4 is 5.48 Å². The molecule has 0 aromatic rings. The Balaban J connectivity index is 2.24. The number of esters is 1. The van der Waals surface area contributed by atoms with Crippen molar-refractivity contribution >= 4 is 12.1 Å². The number of rotatable bonds is 3. The van der Waals surface area contributed by atoms with Crippen molar-refractivity contribution in [2.24, 2.45) is 0 Å². The third kappa shape index (κ3) is 5.67. The molecule has 0 heterocycles. The van der Waals surface area contributed by atoms with Gasteiger partial charge in [-0.3, -0.25) is 9.63 Å². The summed E-state index contributed by atoms with van der Waals surface area (Å²) in [5.41, 5.74) is 1.63. The van der Waals surface area contributed by atoms with E-state index in [4.69, 9.17) is 14.3 Å². The highest BCUT2D eigenvalue weighted by atomic mass is 16.7. The summed E-state index contributed by atoms with van der Waals surface area (Å²) in [7, 11) is 0. The summed E-state index contributed by atoms with van der Waals surface area (Å²) in [5.74, 6) is -0.342. The van der Waals surface area contributed by atoms with E-state index in [1.807, 2.05) is 0 Å². The monoisotopic (exact) mass is 257 g/mol. The zero-order valence-corrected chi connectivity index (χ0v) is 11.1. The van der Waals surface area contributed by atoms with Crippen molar-refractivity contribution in [2.45, 2.75) is 51.9 Å². The van der Waals surface area contributed by atoms with Gasteiger partial charge < -0.3 is 9.47 Å². The Morgan fingerprint density at radius 3 is 2.39 bits per heavy atom. The van der Waals surface area contributed by atoms with Gasteiger partial charge in [-0.2, -0.15) is 5.48 Å². The average molecular weight is 257 g/mol. The van der Waals surface area contributed by atoms with Gasteiger partial charge in [-0.05, 0) is 26.8 Å². The molecule has 0 saturated heterocycles. The van der Waals surface area contributed by atoms with E-state index in [1.165, 1.54) is 6.92 Å². The molecule has 0 saturated carbocycles. The Bertz CT molecular complexity index is 345. The van der Waals surface area contributed by atoms with Crippen LogP contribution in [-0.4, -0.2) is 29.9 Å². The van der Waals surface area contributed by atoms with E-state index in [1.54, 1.807) is 32.9 Å². The summed E-state index contributed by atoms with van der Waals surface area (Å²) in [6.45, 7) is 6.64. The van der Waals surface area contributed by atoms with Crippen LogP contribution in [0.5, 0.6) is 0 Å². The predicted molar refractivity (Wildman–Crippen MR) is 63.6 cm³/mol. The lowest BCUT2D eigenvalue weighted by Gasteiger charge is -2.20. The lowest BCUT2D eigenvalue weighted by atomic mass is 10.2. The molecule has 1 amide bonds. The molecule has 0 fully saturated rings. The molecule has 18 heavy (non-hydrogen) atoms. The normalized spacial score (nSPS) is 22.7. The van der Waals surface area contributed by atoms with Crippen LogP contribution in [0.1, 0.15) is 34.1 Å². The average Bonchev–Trinajstić information content (AvgIpc) is 2.59. The molecule has 0 spiro atoms. The van der Waals surface area contributed by atoms with Crippen molar-refractivity contribution < 1.29 is 23.9 Å². The molecule has 0 radical (unpaired) electrons. The minimum Gasteiger partial charge on any atom is -0.458 e. The lowest BCUT2D eigenvalue weighted by Crippen LogP contribution is -2.34. The van der Waals surface area contributed by atoms with Crippen LogP contribution in [0.25, 0.3) is 0 Å². The van der Waals surface area contributed by atoms with E-state index < -0.39 is 11.7 Å². The summed E-state index contributed by atoms with van der Waals surface area (Å²) < 4.78 is 9.98. The molecule has 1 rings (SSSR count). The Morgan fingerprint density at radius 2 is 1.83 bits per heavy atom. The molecule has 0 aliphatic heterocycles. The van der Waals surface area contributed by atoms with Crippen molar-refractivity contribution in [1.82, 2.24) is 5.48 Å². The van der Waals surface area contributed by atoms with Crippen molar-refractivity contribution in [3.05, 3.63) is 12.2 Å². The van der Waals surface area contributed by atoms with Crippen LogP contribution in [0.15, 0.2) is 12.2 Å². The maximum atomic E-state index is 11.3. The molecular weight excluding hydrogens is 238 g/mol. The molecule has 6 heteroatoms. The first-order chi connectivity index (χ1) is 8.26. The zero-order valence-electron chi connectivity index (χ0n) is 11.1. The smallest absolute Gasteiger partial charge is 0.431 e. The SMILES string of the molecule is CC(=O)O[C@@H]1C=C[C@@H](ONC(=O)OC(C)(C)C)C1. The van der Waals surface area contributed by atoms with Gasteiger partial charge in [0, 0.05) is 13.3 Å². The first-order valence-electron chi connectivity index (χ1n) is 5.76. The van der Waals surface area contributed by atoms with Gasteiger partial charge in [0.25, 0.3) is 0 Å². The number of carbonyl (C=O) groups excluding carboxylic acids is 2. The molecule has 102 valence electrons. The number of hydroxylamine groups is 1. The minimum atomic E-state index is -0.646. The molecule has 0 aromatic heterocycles. The number of hydrogen-bond donors (Lipinski definition) is 1. The van der Waals surface area contributed by atoms with Crippen LogP contribution >= 0.6 is 0 Å². The van der Waals surface area contributed by atoms with Gasteiger partial charge in [-0.1, -0.05) is 6.08 Å². The summed E-state index contributed by atoms with van der Waals surface area (Å²) in [4.78, 5) is 27.2. The van der Waals surface area contributed by atoms with E-state index in [2.05, 4.69) is 5.48 Å². The van der Waals surface area contributed by atoms with Crippen LogP contribution in [0.3, 0.4) is 0 Å². The highest BCUT2D eigenvalue weighted by Crippen LogP contribution is 2.16. The Labute approximate surface area is 106 Å². The standard InChI is InChI=1S/C12H19NO5/c1-8(14)16-9-5-6-10(7-9)18-13-11(15)17-12(2,3)4/h5-6,9-10H,7H2,1-4H3,(H,13,15)/t9-,10-/m1/s1. The molecule has 1 aliphatic carbocycles. The molecular formula is C12H19NO5. The molecule has 0 unspecified atom stereocenters. The number of carbonyl (C=O) groups is 2. The maximum Gasteiger partial charge on any atom is 0.431 e. The van der Waals surface area contributed by atoms with Crippen LogP contribution in [0.2, 0.25) is 0 Å². The molecule has 2 atom stereocenters. The summed E-state index contributed by atoms with van der Waals surface area (Å²) >= 11 is 0. The molecule has 1 aliphatic rings. The fourth-order valence-electron chi connectivity index (χ4n) is 1.44. The van der Waals surface area contributed by atoms with Crippen molar-refractivity contribution in [3.63, 3.8) is 0 Å². The quantitative estimate of drug-likeness (QED) is 0.473. The number of nitrogens with one attached hydrogen (secondary N) is 1. The largest absolute Gasteiger partial charge is 0.458 e. The second-order valence-electron chi connectivity index (χ2n) is 5.03. The van der Waals surface area contributed by atoms with E-state index in [-0.39, 0.29) is 18.2 Å². The number of hydrogen-bond acceptors (Lipinski definition) is 5. The van der Waals surface area contributed by atoms with Crippen LogP contribution in [0, 0.1) is 0 Å². The van der Waals surface area contributed by atoms with Crippen molar-refractivity contribution in [2.75, 3.05) is 0 Å². The lowest BCUT2D eigenvalue weighted by molar-refractivity contribution is -0.145. The predicted octanol–water partition coefficient (Wildman–Crippen LogP) is 1.70. The third-order valence-corrected chi connectivity index (χ3v) is 2.01. The van der Waals surface area contributed by atoms with Crippen molar-refractivity contribution in [3.8, 4) is 0 Å². The first-order valence-corrected chi connectivity index (χ1v) is 5.76. The van der Waals surface area contributed by atoms with Crippen molar-refractivity contribution in [1.29, 1.82) is 0 Å². The van der Waals surface area contributed by atoms with Gasteiger partial charge in [0.15, 0.2) is 0 Å². The Morgan fingerprint density at radius 1 is 1.22 bits per heavy atom. The minimum absolute atomic E-state index is 0.298. The summed E-state index contributed by atoms with van der Waals surface area (Å²) in [6.07, 6.45) is 2.67. The van der Waals surface area contributed by atoms with E-state index in [0.29, 0.717) is 6.42 Å². The number of amides is 1. The molecule has 0 bridgehead atoms.